The molecule has 28 heavy (non-hydrogen) atoms. The van der Waals surface area contributed by atoms with E-state index in [0.717, 1.165) is 24.1 Å². The number of hydrogen-bond donors (Lipinski definition) is 1. The summed E-state index contributed by atoms with van der Waals surface area (Å²) in [6, 6.07) is 13.7. The molecule has 0 bridgehead atoms. The Morgan fingerprint density at radius 2 is 1.96 bits per heavy atom. The van der Waals surface area contributed by atoms with E-state index in [1.807, 2.05) is 48.9 Å². The van der Waals surface area contributed by atoms with E-state index in [4.69, 9.17) is 11.6 Å². The second-order valence-electron chi connectivity index (χ2n) is 6.93. The summed E-state index contributed by atoms with van der Waals surface area (Å²) >= 11 is 7.65. The second-order valence-corrected chi connectivity index (χ2v) is 8.65. The van der Waals surface area contributed by atoms with Crippen LogP contribution in [-0.2, 0) is 24.7 Å². The van der Waals surface area contributed by atoms with Crippen LogP contribution in [-0.4, -0.2) is 25.9 Å². The molecule has 1 amide bonds. The van der Waals surface area contributed by atoms with Crippen LogP contribution in [0.3, 0.4) is 0 Å². The smallest absolute Gasteiger partial charge is 0.237 e. The van der Waals surface area contributed by atoms with Crippen molar-refractivity contribution in [2.24, 2.45) is 7.05 Å². The molecule has 1 heterocycles. The molecule has 1 aliphatic carbocycles. The Kier molecular flexibility index (Phi) is 5.42. The van der Waals surface area contributed by atoms with Gasteiger partial charge in [0.05, 0.1) is 10.3 Å². The van der Waals surface area contributed by atoms with Crippen LogP contribution >= 0.6 is 23.4 Å². The van der Waals surface area contributed by atoms with Crippen molar-refractivity contribution >= 4 is 35.0 Å². The molecule has 0 unspecified atom stereocenters. The monoisotopic (exact) mass is 412 g/mol. The number of nitrogens with zero attached hydrogens (tertiary/aromatic N) is 3. The molecule has 0 aliphatic heterocycles. The molecule has 0 radical (unpaired) electrons. The summed E-state index contributed by atoms with van der Waals surface area (Å²) in [5, 5.41) is 12.5. The lowest BCUT2D eigenvalue weighted by atomic mass is 10.1. The first-order chi connectivity index (χ1) is 13.5. The maximum absolute atomic E-state index is 12.6. The van der Waals surface area contributed by atoms with E-state index < -0.39 is 0 Å². The molecule has 1 atom stereocenters. The number of fused-ring (bicyclic) bond motifs is 1. The van der Waals surface area contributed by atoms with E-state index in [1.165, 1.54) is 29.3 Å². The van der Waals surface area contributed by atoms with E-state index in [9.17, 15) is 4.79 Å². The predicted molar refractivity (Wildman–Crippen MR) is 114 cm³/mol. The lowest BCUT2D eigenvalue weighted by molar-refractivity contribution is -0.115. The number of hydrogen-bond acceptors (Lipinski definition) is 4. The topological polar surface area (TPSA) is 59.8 Å². The number of amides is 1. The lowest BCUT2D eigenvalue weighted by Gasteiger charge is -2.13. The number of aromatic nitrogens is 3. The van der Waals surface area contributed by atoms with E-state index in [0.29, 0.717) is 16.0 Å². The third kappa shape index (κ3) is 3.80. The summed E-state index contributed by atoms with van der Waals surface area (Å²) in [4.78, 5) is 12.6. The van der Waals surface area contributed by atoms with E-state index in [-0.39, 0.29) is 11.2 Å². The van der Waals surface area contributed by atoms with Gasteiger partial charge in [0.25, 0.3) is 0 Å². The molecular formula is C21H21ClN4OS. The molecule has 4 rings (SSSR count). The normalized spacial score (nSPS) is 14.0. The fourth-order valence-corrected chi connectivity index (χ4v) is 4.43. The fourth-order valence-electron chi connectivity index (χ4n) is 3.40. The SMILES string of the molecule is C[C@@H](Sc1nnc(-c2ccccc2Cl)n1C)C(=O)Nc1ccc2c(c1)CCC2. The number of anilines is 1. The molecule has 7 heteroatoms. The van der Waals surface area contributed by atoms with Crippen molar-refractivity contribution in [1.29, 1.82) is 0 Å². The van der Waals surface area contributed by atoms with Crippen molar-refractivity contribution < 1.29 is 4.79 Å². The van der Waals surface area contributed by atoms with Crippen molar-refractivity contribution in [1.82, 2.24) is 14.8 Å². The van der Waals surface area contributed by atoms with Crippen molar-refractivity contribution in [3.63, 3.8) is 0 Å². The second kappa shape index (κ2) is 7.97. The molecule has 5 nitrogen and oxygen atoms in total. The number of nitrogens with one attached hydrogen (secondary N) is 1. The zero-order chi connectivity index (χ0) is 19.7. The molecule has 3 aromatic rings. The van der Waals surface area contributed by atoms with Crippen LogP contribution < -0.4 is 5.32 Å². The van der Waals surface area contributed by atoms with Crippen LogP contribution in [0.1, 0.15) is 24.5 Å². The summed E-state index contributed by atoms with van der Waals surface area (Å²) in [6.45, 7) is 1.87. The molecule has 1 aromatic heterocycles. The maximum atomic E-state index is 12.6. The lowest BCUT2D eigenvalue weighted by Crippen LogP contribution is -2.23. The molecule has 1 aliphatic rings. The highest BCUT2D eigenvalue weighted by Crippen LogP contribution is 2.30. The molecule has 0 saturated carbocycles. The van der Waals surface area contributed by atoms with E-state index in [2.05, 4.69) is 27.6 Å². The Balaban J connectivity index is 1.46. The summed E-state index contributed by atoms with van der Waals surface area (Å²) < 4.78 is 1.87. The highest BCUT2D eigenvalue weighted by Gasteiger charge is 2.21. The van der Waals surface area contributed by atoms with Gasteiger partial charge in [-0.25, -0.2) is 0 Å². The molecular weight excluding hydrogens is 392 g/mol. The van der Waals surface area contributed by atoms with Gasteiger partial charge in [0.15, 0.2) is 11.0 Å². The Morgan fingerprint density at radius 1 is 1.18 bits per heavy atom. The van der Waals surface area contributed by atoms with Crippen LogP contribution in [0.25, 0.3) is 11.4 Å². The Labute approximate surface area is 173 Å². The van der Waals surface area contributed by atoms with Crippen molar-refractivity contribution in [2.45, 2.75) is 36.6 Å². The first-order valence-corrected chi connectivity index (χ1v) is 10.5. The molecule has 1 N–H and O–H groups in total. The quantitative estimate of drug-likeness (QED) is 0.614. The summed E-state index contributed by atoms with van der Waals surface area (Å²) in [5.74, 6) is 0.629. The Morgan fingerprint density at radius 3 is 2.79 bits per heavy atom. The van der Waals surface area contributed by atoms with Crippen LogP contribution in [0, 0.1) is 0 Å². The first-order valence-electron chi connectivity index (χ1n) is 9.26. The van der Waals surface area contributed by atoms with E-state index in [1.54, 1.807) is 0 Å². The zero-order valence-electron chi connectivity index (χ0n) is 15.8. The summed E-state index contributed by atoms with van der Waals surface area (Å²) in [5.41, 5.74) is 4.41. The third-order valence-electron chi connectivity index (χ3n) is 4.97. The average Bonchev–Trinajstić information content (AvgIpc) is 3.29. The Hall–Kier alpha value is -2.31. The summed E-state index contributed by atoms with van der Waals surface area (Å²) in [7, 11) is 1.88. The first kappa shape index (κ1) is 19.0. The number of thioether (sulfide) groups is 1. The zero-order valence-corrected chi connectivity index (χ0v) is 17.3. The number of aryl methyl sites for hydroxylation is 2. The molecule has 0 saturated heterocycles. The van der Waals surface area contributed by atoms with Gasteiger partial charge in [-0.2, -0.15) is 0 Å². The van der Waals surface area contributed by atoms with Crippen LogP contribution in [0.5, 0.6) is 0 Å². The van der Waals surface area contributed by atoms with Crippen LogP contribution in [0.15, 0.2) is 47.6 Å². The minimum atomic E-state index is -0.310. The van der Waals surface area contributed by atoms with E-state index >= 15 is 0 Å². The van der Waals surface area contributed by atoms with Gasteiger partial charge in [-0.1, -0.05) is 41.6 Å². The fraction of sp³-hybridized carbons (Fsp3) is 0.286. The van der Waals surface area contributed by atoms with Gasteiger partial charge in [-0.05, 0) is 61.6 Å². The van der Waals surface area contributed by atoms with Gasteiger partial charge in [-0.3, -0.25) is 4.79 Å². The molecule has 0 spiro atoms. The highest BCUT2D eigenvalue weighted by molar-refractivity contribution is 8.00. The third-order valence-corrected chi connectivity index (χ3v) is 6.43. The Bertz CT molecular complexity index is 1030. The number of carbonyl (C=O) groups is 1. The molecule has 144 valence electrons. The minimum Gasteiger partial charge on any atom is -0.325 e. The number of carbonyl (C=O) groups excluding carboxylic acids is 1. The van der Waals surface area contributed by atoms with Gasteiger partial charge in [-0.15, -0.1) is 10.2 Å². The van der Waals surface area contributed by atoms with Gasteiger partial charge >= 0.3 is 0 Å². The van der Waals surface area contributed by atoms with Crippen molar-refractivity contribution in [3.05, 3.63) is 58.6 Å². The summed E-state index contributed by atoms with van der Waals surface area (Å²) in [6.07, 6.45) is 3.42. The van der Waals surface area contributed by atoms with Gasteiger partial charge in [0, 0.05) is 18.3 Å². The highest BCUT2D eigenvalue weighted by atomic mass is 35.5. The predicted octanol–water partition coefficient (Wildman–Crippen LogP) is 4.74. The van der Waals surface area contributed by atoms with Gasteiger partial charge in [0.2, 0.25) is 5.91 Å². The largest absolute Gasteiger partial charge is 0.325 e. The standard InChI is InChI=1S/C21H21ClN4OS/c1-13(20(27)23-16-11-10-14-6-5-7-15(14)12-16)28-21-25-24-19(26(21)2)17-8-3-4-9-18(17)22/h3-4,8-13H,5-7H2,1-2H3,(H,23,27)/t13-/m1/s1. The number of rotatable bonds is 5. The minimum absolute atomic E-state index is 0.0507. The van der Waals surface area contributed by atoms with Crippen LogP contribution in [0.4, 0.5) is 5.69 Å². The average molecular weight is 413 g/mol. The van der Waals surface area contributed by atoms with Crippen molar-refractivity contribution in [3.8, 4) is 11.4 Å². The number of halogens is 1. The number of benzene rings is 2. The van der Waals surface area contributed by atoms with Gasteiger partial charge in [0.1, 0.15) is 0 Å². The van der Waals surface area contributed by atoms with Crippen LogP contribution in [0.2, 0.25) is 5.02 Å². The van der Waals surface area contributed by atoms with Crippen molar-refractivity contribution in [2.75, 3.05) is 5.32 Å². The van der Waals surface area contributed by atoms with Gasteiger partial charge < -0.3 is 9.88 Å². The molecule has 0 fully saturated rings. The maximum Gasteiger partial charge on any atom is 0.237 e. The molecule has 2 aromatic carbocycles.